The molecule has 0 N–H and O–H groups in total. The minimum absolute atomic E-state index is 0.0821. The smallest absolute Gasteiger partial charge is 0.235 e. The van der Waals surface area contributed by atoms with E-state index in [-0.39, 0.29) is 10.6 Å². The summed E-state index contributed by atoms with van der Waals surface area (Å²) in [5.41, 5.74) is -4.31. The van der Waals surface area contributed by atoms with E-state index in [4.69, 9.17) is 0 Å². The van der Waals surface area contributed by atoms with E-state index in [1.54, 1.807) is 31.2 Å². The zero-order valence-electron chi connectivity index (χ0n) is 10.6. The maximum Gasteiger partial charge on any atom is 0.484 e. The van der Waals surface area contributed by atoms with Crippen LogP contribution in [0.2, 0.25) is 0 Å². The fraction of sp³-hybridized carbons (Fsp3) is 0.143. The molecule has 1 atom stereocenters. The Hall–Kier alpha value is -1.82. The predicted octanol–water partition coefficient (Wildman–Crippen LogP) is 4.67. The molecule has 0 saturated carbocycles. The van der Waals surface area contributed by atoms with Gasteiger partial charge in [-0.05, 0) is 30.7 Å². The number of rotatable bonds is 2. The van der Waals surface area contributed by atoms with Crippen molar-refractivity contribution in [2.45, 2.75) is 17.3 Å². The van der Waals surface area contributed by atoms with Crippen molar-refractivity contribution in [1.29, 1.82) is 0 Å². The summed E-state index contributed by atoms with van der Waals surface area (Å²) in [7, 11) is -4.53. The van der Waals surface area contributed by atoms with E-state index in [1.165, 1.54) is 30.3 Å². The fourth-order valence-electron chi connectivity index (χ4n) is 1.65. The van der Waals surface area contributed by atoms with Crippen LogP contribution in [0.5, 0.6) is 0 Å². The van der Waals surface area contributed by atoms with Crippen LogP contribution >= 0.6 is 0 Å². The first kappa shape index (κ1) is 14.6. The average Bonchev–Trinajstić information content (AvgIpc) is 2.41. The highest BCUT2D eigenvalue weighted by atomic mass is 32.2. The molecule has 2 aromatic carbocycles. The molecule has 0 amide bonds. The molecule has 6 heteroatoms. The van der Waals surface area contributed by atoms with Gasteiger partial charge in [-0.15, -0.1) is 0 Å². The minimum Gasteiger partial charge on any atom is -0.235 e. The van der Waals surface area contributed by atoms with Crippen molar-refractivity contribution in [3.63, 3.8) is 0 Å². The zero-order chi connectivity index (χ0) is 14.8. The van der Waals surface area contributed by atoms with Crippen molar-refractivity contribution in [3.05, 3.63) is 60.2 Å². The molecular weight excluding hydrogens is 287 g/mol. The number of benzene rings is 2. The number of aryl methyl sites for hydroxylation is 1. The molecule has 0 aliphatic rings. The molecule has 2 rings (SSSR count). The normalized spacial score (nSPS) is 14.6. The average molecular weight is 299 g/mol. The highest BCUT2D eigenvalue weighted by Crippen LogP contribution is 2.35. The van der Waals surface area contributed by atoms with Gasteiger partial charge in [0.2, 0.25) is 0 Å². The van der Waals surface area contributed by atoms with Gasteiger partial charge < -0.3 is 0 Å². The molecule has 0 fully saturated rings. The zero-order valence-corrected chi connectivity index (χ0v) is 11.4. The van der Waals surface area contributed by atoms with E-state index in [1.807, 2.05) is 0 Å². The lowest BCUT2D eigenvalue weighted by Gasteiger charge is -2.14. The van der Waals surface area contributed by atoms with E-state index >= 15 is 0 Å². The second-order valence-corrected chi connectivity index (χ2v) is 6.33. The summed E-state index contributed by atoms with van der Waals surface area (Å²) in [5, 5.41) is 0. The molecule has 0 heterocycles. The number of halogens is 3. The Morgan fingerprint density at radius 1 is 0.950 bits per heavy atom. The third kappa shape index (κ3) is 2.70. The molecule has 0 aliphatic heterocycles. The van der Waals surface area contributed by atoms with Gasteiger partial charge in [0.15, 0.2) is 9.73 Å². The van der Waals surface area contributed by atoms with E-state index in [9.17, 15) is 17.4 Å². The van der Waals surface area contributed by atoms with Crippen LogP contribution in [0.1, 0.15) is 5.56 Å². The lowest BCUT2D eigenvalue weighted by molar-refractivity contribution is -0.0402. The SMILES string of the molecule is Cc1ccccc1N=S(=O)(c1ccccc1)C(F)(F)F. The number of nitrogens with zero attached hydrogens (tertiary/aromatic N) is 1. The third-order valence-corrected chi connectivity index (χ3v) is 4.71. The Morgan fingerprint density at radius 3 is 2.05 bits per heavy atom. The van der Waals surface area contributed by atoms with Gasteiger partial charge in [-0.25, -0.2) is 4.21 Å². The standard InChI is InChI=1S/C14H12F3NOS/c1-11-7-5-6-10-13(11)18-20(19,14(15,16)17)12-8-3-2-4-9-12/h2-10H,1H3. The van der Waals surface area contributed by atoms with Crippen molar-refractivity contribution >= 4 is 15.4 Å². The predicted molar refractivity (Wildman–Crippen MR) is 72.2 cm³/mol. The quantitative estimate of drug-likeness (QED) is 0.792. The Morgan fingerprint density at radius 2 is 1.50 bits per heavy atom. The van der Waals surface area contributed by atoms with Crippen molar-refractivity contribution < 1.29 is 17.4 Å². The van der Waals surface area contributed by atoms with E-state index < -0.39 is 15.2 Å². The maximum atomic E-state index is 13.2. The van der Waals surface area contributed by atoms with E-state index in [2.05, 4.69) is 4.36 Å². The Balaban J connectivity index is 2.74. The second-order valence-electron chi connectivity index (χ2n) is 4.16. The first-order valence-electron chi connectivity index (χ1n) is 5.79. The Kier molecular flexibility index (Phi) is 3.85. The monoisotopic (exact) mass is 299 g/mol. The molecule has 0 bridgehead atoms. The van der Waals surface area contributed by atoms with Gasteiger partial charge in [0.25, 0.3) is 0 Å². The van der Waals surface area contributed by atoms with Gasteiger partial charge >= 0.3 is 5.51 Å². The van der Waals surface area contributed by atoms with Crippen molar-refractivity contribution in [2.75, 3.05) is 0 Å². The summed E-state index contributed by atoms with van der Waals surface area (Å²) in [4.78, 5) is -0.337. The van der Waals surface area contributed by atoms with Crippen LogP contribution < -0.4 is 0 Å². The minimum atomic E-state index is -4.93. The van der Waals surface area contributed by atoms with Crippen LogP contribution in [0.25, 0.3) is 0 Å². The molecule has 0 radical (unpaired) electrons. The summed E-state index contributed by atoms with van der Waals surface area (Å²) in [6, 6.07) is 13.0. The maximum absolute atomic E-state index is 13.2. The molecule has 106 valence electrons. The summed E-state index contributed by atoms with van der Waals surface area (Å²) in [5.74, 6) is 0. The molecule has 0 aromatic heterocycles. The highest BCUT2D eigenvalue weighted by molar-refractivity contribution is 7.94. The highest BCUT2D eigenvalue weighted by Gasteiger charge is 2.44. The van der Waals surface area contributed by atoms with Gasteiger partial charge in [0, 0.05) is 0 Å². The van der Waals surface area contributed by atoms with Gasteiger partial charge in [-0.3, -0.25) is 0 Å². The first-order chi connectivity index (χ1) is 9.34. The fourth-order valence-corrected chi connectivity index (χ4v) is 3.13. The van der Waals surface area contributed by atoms with Crippen LogP contribution in [0, 0.1) is 6.92 Å². The molecule has 2 nitrogen and oxygen atoms in total. The molecule has 2 aromatic rings. The second kappa shape index (κ2) is 5.28. The molecule has 0 spiro atoms. The van der Waals surface area contributed by atoms with Crippen LogP contribution in [-0.2, 0) is 9.73 Å². The van der Waals surface area contributed by atoms with E-state index in [0.717, 1.165) is 0 Å². The van der Waals surface area contributed by atoms with Crippen molar-refractivity contribution in [1.82, 2.24) is 0 Å². The van der Waals surface area contributed by atoms with Crippen LogP contribution in [0.4, 0.5) is 18.9 Å². The lowest BCUT2D eigenvalue weighted by atomic mass is 10.2. The topological polar surface area (TPSA) is 29.4 Å². The van der Waals surface area contributed by atoms with Crippen molar-refractivity contribution in [2.24, 2.45) is 4.36 Å². The summed E-state index contributed by atoms with van der Waals surface area (Å²) < 4.78 is 55.7. The Labute approximate surface area is 115 Å². The summed E-state index contributed by atoms with van der Waals surface area (Å²) in [6.45, 7) is 1.63. The van der Waals surface area contributed by atoms with Crippen LogP contribution in [0.15, 0.2) is 63.9 Å². The molecule has 1 unspecified atom stereocenters. The molecule has 0 aliphatic carbocycles. The van der Waals surface area contributed by atoms with Gasteiger partial charge in [0.1, 0.15) is 0 Å². The van der Waals surface area contributed by atoms with Crippen LogP contribution in [0.3, 0.4) is 0 Å². The molecule has 0 saturated heterocycles. The largest absolute Gasteiger partial charge is 0.484 e. The van der Waals surface area contributed by atoms with Gasteiger partial charge in [-0.2, -0.15) is 17.5 Å². The number of alkyl halides is 3. The van der Waals surface area contributed by atoms with Gasteiger partial charge in [0.05, 0.1) is 10.6 Å². The van der Waals surface area contributed by atoms with Crippen molar-refractivity contribution in [3.8, 4) is 0 Å². The molecular formula is C14H12F3NOS. The Bertz CT molecular complexity index is 717. The first-order valence-corrected chi connectivity index (χ1v) is 7.30. The van der Waals surface area contributed by atoms with Gasteiger partial charge in [-0.1, -0.05) is 36.4 Å². The lowest BCUT2D eigenvalue weighted by Crippen LogP contribution is -2.23. The van der Waals surface area contributed by atoms with E-state index in [0.29, 0.717) is 5.56 Å². The number of hydrogen-bond donors (Lipinski definition) is 0. The van der Waals surface area contributed by atoms with Crippen LogP contribution in [-0.4, -0.2) is 9.72 Å². The number of hydrogen-bond acceptors (Lipinski definition) is 2. The summed E-state index contributed by atoms with van der Waals surface area (Å²) in [6.07, 6.45) is 0. The summed E-state index contributed by atoms with van der Waals surface area (Å²) >= 11 is 0. The third-order valence-electron chi connectivity index (χ3n) is 2.72. The molecule has 20 heavy (non-hydrogen) atoms.